The maximum absolute atomic E-state index is 11.2. The second kappa shape index (κ2) is 9.35. The van der Waals surface area contributed by atoms with Gasteiger partial charge in [-0.3, -0.25) is 9.88 Å². The van der Waals surface area contributed by atoms with Crippen LogP contribution in [0.15, 0.2) is 65.7 Å². The molecule has 6 heteroatoms. The molecule has 0 bridgehead atoms. The third-order valence-corrected chi connectivity index (χ3v) is 6.62. The third kappa shape index (κ3) is 4.78. The predicted molar refractivity (Wildman–Crippen MR) is 121 cm³/mol. The van der Waals surface area contributed by atoms with Crippen LogP contribution in [0.3, 0.4) is 0 Å². The van der Waals surface area contributed by atoms with Gasteiger partial charge >= 0.3 is 0 Å². The van der Waals surface area contributed by atoms with Crippen molar-refractivity contribution >= 4 is 22.7 Å². The van der Waals surface area contributed by atoms with E-state index in [1.807, 2.05) is 65.8 Å². The van der Waals surface area contributed by atoms with Crippen molar-refractivity contribution in [2.45, 2.75) is 36.0 Å². The average molecular weight is 425 g/mol. The average Bonchev–Trinajstić information content (AvgIpc) is 2.79. The quantitative estimate of drug-likeness (QED) is 0.559. The van der Waals surface area contributed by atoms with Gasteiger partial charge in [0.2, 0.25) is 0 Å². The Morgan fingerprint density at radius 3 is 2.60 bits per heavy atom. The van der Waals surface area contributed by atoms with Gasteiger partial charge < -0.3 is 14.9 Å². The van der Waals surface area contributed by atoms with Gasteiger partial charge in [-0.15, -0.1) is 11.8 Å². The van der Waals surface area contributed by atoms with Gasteiger partial charge in [0.15, 0.2) is 0 Å². The third-order valence-electron chi connectivity index (χ3n) is 5.88. The van der Waals surface area contributed by atoms with E-state index in [4.69, 9.17) is 4.74 Å². The van der Waals surface area contributed by atoms with Gasteiger partial charge in [0.05, 0.1) is 17.7 Å². The molecule has 1 fully saturated rings. The summed E-state index contributed by atoms with van der Waals surface area (Å²) in [5.41, 5.74) is 0.885. The number of rotatable bonds is 7. The molecule has 30 heavy (non-hydrogen) atoms. The Hall–Kier alpha value is -2.12. The molecule has 5 nitrogen and oxygen atoms in total. The molecule has 3 aromatic rings. The molecule has 158 valence electrons. The van der Waals surface area contributed by atoms with E-state index < -0.39 is 11.8 Å². The van der Waals surface area contributed by atoms with Crippen molar-refractivity contribution in [2.75, 3.05) is 26.0 Å². The van der Waals surface area contributed by atoms with Crippen LogP contribution in [0.5, 0.6) is 5.75 Å². The van der Waals surface area contributed by atoms with E-state index in [2.05, 4.69) is 4.98 Å². The van der Waals surface area contributed by atoms with Crippen LogP contribution in [0.2, 0.25) is 0 Å². The maximum Gasteiger partial charge on any atom is 0.119 e. The SMILES string of the molecule is CSc1ccc(OCC[C@H](O)N2CCC(O)(c3cnc4ccccc4c3)CC2)cc1. The molecule has 1 aliphatic rings. The molecular weight excluding hydrogens is 396 g/mol. The van der Waals surface area contributed by atoms with Crippen molar-refractivity contribution in [3.8, 4) is 5.75 Å². The van der Waals surface area contributed by atoms with E-state index in [0.29, 0.717) is 39.0 Å². The highest BCUT2D eigenvalue weighted by Gasteiger charge is 2.36. The van der Waals surface area contributed by atoms with Crippen LogP contribution in [0.4, 0.5) is 0 Å². The van der Waals surface area contributed by atoms with Gasteiger partial charge in [0, 0.05) is 41.6 Å². The summed E-state index contributed by atoms with van der Waals surface area (Å²) in [6.07, 6.45) is 4.92. The number of nitrogens with zero attached hydrogens (tertiary/aromatic N) is 2. The number of fused-ring (bicyclic) bond motifs is 1. The Morgan fingerprint density at radius 1 is 1.13 bits per heavy atom. The van der Waals surface area contributed by atoms with Crippen LogP contribution in [0, 0.1) is 0 Å². The van der Waals surface area contributed by atoms with Gasteiger partial charge in [0.1, 0.15) is 12.0 Å². The fourth-order valence-electron chi connectivity index (χ4n) is 3.94. The zero-order valence-corrected chi connectivity index (χ0v) is 18.0. The van der Waals surface area contributed by atoms with Crippen molar-refractivity contribution in [2.24, 2.45) is 0 Å². The number of aromatic nitrogens is 1. The number of benzene rings is 2. The summed E-state index contributed by atoms with van der Waals surface area (Å²) in [5, 5.41) is 22.8. The zero-order valence-electron chi connectivity index (χ0n) is 17.2. The number of pyridine rings is 1. The highest BCUT2D eigenvalue weighted by molar-refractivity contribution is 7.98. The van der Waals surface area contributed by atoms with E-state index in [9.17, 15) is 10.2 Å². The molecule has 2 heterocycles. The van der Waals surface area contributed by atoms with Crippen molar-refractivity contribution in [1.82, 2.24) is 9.88 Å². The lowest BCUT2D eigenvalue weighted by Crippen LogP contribution is -2.47. The van der Waals surface area contributed by atoms with E-state index in [1.54, 1.807) is 18.0 Å². The van der Waals surface area contributed by atoms with Crippen molar-refractivity contribution in [3.63, 3.8) is 0 Å². The van der Waals surface area contributed by atoms with Crippen LogP contribution < -0.4 is 4.74 Å². The van der Waals surface area contributed by atoms with Gasteiger partial charge in [-0.1, -0.05) is 18.2 Å². The number of thioether (sulfide) groups is 1. The first-order valence-corrected chi connectivity index (χ1v) is 11.6. The number of aliphatic hydroxyl groups excluding tert-OH is 1. The minimum Gasteiger partial charge on any atom is -0.493 e. The van der Waals surface area contributed by atoms with Crippen LogP contribution in [-0.4, -0.2) is 52.3 Å². The van der Waals surface area contributed by atoms with Crippen molar-refractivity contribution in [3.05, 3.63) is 66.4 Å². The summed E-state index contributed by atoms with van der Waals surface area (Å²) in [4.78, 5) is 7.71. The van der Waals surface area contributed by atoms with Gasteiger partial charge in [-0.2, -0.15) is 0 Å². The summed E-state index contributed by atoms with van der Waals surface area (Å²) in [6.45, 7) is 1.72. The second-order valence-corrected chi connectivity index (χ2v) is 8.66. The number of likely N-dealkylation sites (tertiary alicyclic amines) is 1. The van der Waals surface area contributed by atoms with Gasteiger partial charge in [0.25, 0.3) is 0 Å². The molecule has 0 radical (unpaired) electrons. The fraction of sp³-hybridized carbons (Fsp3) is 0.375. The van der Waals surface area contributed by atoms with Crippen LogP contribution >= 0.6 is 11.8 Å². The Bertz CT molecular complexity index is 972. The summed E-state index contributed by atoms with van der Waals surface area (Å²) >= 11 is 1.70. The molecule has 2 aromatic carbocycles. The molecule has 0 unspecified atom stereocenters. The minimum atomic E-state index is -0.900. The number of ether oxygens (including phenoxy) is 1. The van der Waals surface area contributed by atoms with Gasteiger partial charge in [-0.05, 0) is 55.5 Å². The lowest BCUT2D eigenvalue weighted by Gasteiger charge is -2.40. The first-order valence-electron chi connectivity index (χ1n) is 10.3. The van der Waals surface area contributed by atoms with E-state index in [1.165, 1.54) is 4.90 Å². The second-order valence-electron chi connectivity index (χ2n) is 7.78. The monoisotopic (exact) mass is 424 g/mol. The summed E-state index contributed by atoms with van der Waals surface area (Å²) in [7, 11) is 0. The van der Waals surface area contributed by atoms with Crippen molar-refractivity contribution < 1.29 is 14.9 Å². The van der Waals surface area contributed by atoms with E-state index in [0.717, 1.165) is 22.2 Å². The number of hydrogen-bond donors (Lipinski definition) is 2. The lowest BCUT2D eigenvalue weighted by molar-refractivity contribution is -0.0819. The highest BCUT2D eigenvalue weighted by atomic mass is 32.2. The molecule has 0 amide bonds. The van der Waals surface area contributed by atoms with Gasteiger partial charge in [-0.25, -0.2) is 0 Å². The molecule has 1 aromatic heterocycles. The number of aliphatic hydroxyl groups is 2. The summed E-state index contributed by atoms with van der Waals surface area (Å²) in [5.74, 6) is 0.817. The number of piperidine rings is 1. The molecule has 4 rings (SSSR count). The molecule has 0 spiro atoms. The topological polar surface area (TPSA) is 65.8 Å². The van der Waals surface area contributed by atoms with E-state index in [-0.39, 0.29) is 0 Å². The highest BCUT2D eigenvalue weighted by Crippen LogP contribution is 2.34. The summed E-state index contributed by atoms with van der Waals surface area (Å²) in [6, 6.07) is 17.9. The normalized spacial score (nSPS) is 17.7. The zero-order chi connectivity index (χ0) is 21.0. The first-order chi connectivity index (χ1) is 14.6. The largest absolute Gasteiger partial charge is 0.493 e. The summed E-state index contributed by atoms with van der Waals surface area (Å²) < 4.78 is 5.76. The Balaban J connectivity index is 1.29. The molecule has 1 atom stereocenters. The van der Waals surface area contributed by atoms with Crippen LogP contribution in [0.25, 0.3) is 10.9 Å². The fourth-order valence-corrected chi connectivity index (χ4v) is 4.35. The molecule has 1 aliphatic heterocycles. The first kappa shape index (κ1) is 21.1. The van der Waals surface area contributed by atoms with Crippen molar-refractivity contribution in [1.29, 1.82) is 0 Å². The Labute approximate surface area is 181 Å². The maximum atomic E-state index is 11.2. The molecule has 0 saturated carbocycles. The molecule has 1 saturated heterocycles. The Kier molecular flexibility index (Phi) is 6.58. The lowest BCUT2D eigenvalue weighted by atomic mass is 9.84. The smallest absolute Gasteiger partial charge is 0.119 e. The van der Waals surface area contributed by atoms with E-state index >= 15 is 0 Å². The molecular formula is C24H28N2O3S. The van der Waals surface area contributed by atoms with Crippen LogP contribution in [0.1, 0.15) is 24.8 Å². The Morgan fingerprint density at radius 2 is 1.87 bits per heavy atom. The number of para-hydroxylation sites is 1. The molecule has 0 aliphatic carbocycles. The minimum absolute atomic E-state index is 0.454. The van der Waals surface area contributed by atoms with Crippen LogP contribution in [-0.2, 0) is 5.60 Å². The predicted octanol–water partition coefficient (Wildman–Crippen LogP) is 4.03. The number of hydrogen-bond acceptors (Lipinski definition) is 6. The standard InChI is InChI=1S/C24H28N2O3S/c1-30-21-8-6-20(7-9-21)29-15-10-23(27)26-13-11-24(28,12-14-26)19-16-18-4-2-3-5-22(18)25-17-19/h2-9,16-17,23,27-28H,10-15H2,1H3/t23-/m0/s1. The molecule has 2 N–H and O–H groups in total.